The Morgan fingerprint density at radius 1 is 1.38 bits per heavy atom. The first-order valence-corrected chi connectivity index (χ1v) is 7.49. The highest BCUT2D eigenvalue weighted by Gasteiger charge is 2.22. The zero-order chi connectivity index (χ0) is 16.8. The average Bonchev–Trinajstić information content (AvgIpc) is 3.25. The molecule has 3 rings (SSSR count). The molecule has 0 N–H and O–H groups in total. The van der Waals surface area contributed by atoms with Crippen molar-refractivity contribution in [1.29, 1.82) is 5.26 Å². The highest BCUT2D eigenvalue weighted by Crippen LogP contribution is 2.18. The van der Waals surface area contributed by atoms with Gasteiger partial charge in [-0.2, -0.15) is 4.98 Å². The Bertz CT molecular complexity index is 853. The molecular weight excluding hydrogens is 305 g/mol. The van der Waals surface area contributed by atoms with Crippen LogP contribution in [0.3, 0.4) is 0 Å². The highest BCUT2D eigenvalue weighted by atomic mass is 16.5. The summed E-state index contributed by atoms with van der Waals surface area (Å²) in [7, 11) is 0.237. The summed E-state index contributed by atoms with van der Waals surface area (Å²) in [4.78, 5) is 19.3. The third-order valence-electron chi connectivity index (χ3n) is 3.61. The van der Waals surface area contributed by atoms with E-state index in [0.29, 0.717) is 36.7 Å². The van der Waals surface area contributed by atoms with E-state index in [4.69, 9.17) is 9.78 Å². The van der Waals surface area contributed by atoms with Gasteiger partial charge in [0.1, 0.15) is 6.33 Å². The maximum Gasteiger partial charge on any atom is 0.263 e. The van der Waals surface area contributed by atoms with E-state index < -0.39 is 0 Å². The van der Waals surface area contributed by atoms with E-state index in [2.05, 4.69) is 21.1 Å². The van der Waals surface area contributed by atoms with Gasteiger partial charge in [0.25, 0.3) is 7.28 Å². The lowest BCUT2D eigenvalue weighted by atomic mass is 9.64. The van der Waals surface area contributed by atoms with Gasteiger partial charge >= 0.3 is 0 Å². The summed E-state index contributed by atoms with van der Waals surface area (Å²) in [5.41, 5.74) is 1.79. The van der Waals surface area contributed by atoms with Crippen molar-refractivity contribution in [3.05, 3.63) is 65.8 Å². The molecule has 1 atom stereocenters. The van der Waals surface area contributed by atoms with Gasteiger partial charge in [-0.15, -0.1) is 0 Å². The molecule has 0 fully saturated rings. The van der Waals surface area contributed by atoms with Gasteiger partial charge in [0.2, 0.25) is 12.3 Å². The molecular formula is C16H14BN5O2. The summed E-state index contributed by atoms with van der Waals surface area (Å²) in [6.45, 7) is 0. The van der Waals surface area contributed by atoms with Crippen LogP contribution in [-0.4, -0.2) is 33.4 Å². The van der Waals surface area contributed by atoms with Crippen LogP contribution in [0.25, 0.3) is 0 Å². The molecule has 0 saturated carbocycles. The lowest BCUT2D eigenvalue weighted by molar-refractivity contribution is 0.369. The van der Waals surface area contributed by atoms with E-state index >= 15 is 0 Å². The number of hydrogen-bond acceptors (Lipinski definition) is 6. The van der Waals surface area contributed by atoms with Crippen LogP contribution >= 0.6 is 0 Å². The first kappa shape index (κ1) is 15.7. The lowest BCUT2D eigenvalue weighted by Crippen LogP contribution is -2.11. The highest BCUT2D eigenvalue weighted by molar-refractivity contribution is 6.46. The van der Waals surface area contributed by atoms with Crippen molar-refractivity contribution in [3.8, 4) is 5.97 Å². The van der Waals surface area contributed by atoms with E-state index in [1.54, 1.807) is 6.20 Å². The summed E-state index contributed by atoms with van der Waals surface area (Å²) in [5, 5.41) is 13.0. The Balaban J connectivity index is 1.74. The van der Waals surface area contributed by atoms with Crippen molar-refractivity contribution < 1.29 is 9.32 Å². The second-order valence-electron chi connectivity index (χ2n) is 5.39. The van der Waals surface area contributed by atoms with Crippen molar-refractivity contribution in [2.24, 2.45) is 0 Å². The molecule has 1 aromatic carbocycles. The quantitative estimate of drug-likeness (QED) is 0.478. The van der Waals surface area contributed by atoms with Crippen LogP contribution in [0.1, 0.15) is 28.8 Å². The van der Waals surface area contributed by atoms with Crippen molar-refractivity contribution in [2.45, 2.75) is 18.7 Å². The van der Waals surface area contributed by atoms with Crippen LogP contribution in [0.4, 0.5) is 0 Å². The van der Waals surface area contributed by atoms with Crippen LogP contribution in [0.2, 0.25) is 0 Å². The van der Waals surface area contributed by atoms with Crippen molar-refractivity contribution in [3.63, 3.8) is 0 Å². The van der Waals surface area contributed by atoms with Crippen LogP contribution in [0.5, 0.6) is 0 Å². The molecule has 0 saturated heterocycles. The Morgan fingerprint density at radius 2 is 2.21 bits per heavy atom. The predicted octanol–water partition coefficient (Wildman–Crippen LogP) is 1.10. The summed E-state index contributed by atoms with van der Waals surface area (Å²) in [5.74, 6) is 2.89. The second kappa shape index (κ2) is 7.37. The zero-order valence-corrected chi connectivity index (χ0v) is 12.9. The van der Waals surface area contributed by atoms with E-state index in [1.165, 1.54) is 10.9 Å². The Morgan fingerprint density at radius 3 is 2.92 bits per heavy atom. The fourth-order valence-corrected chi connectivity index (χ4v) is 2.44. The van der Waals surface area contributed by atoms with E-state index in [-0.39, 0.29) is 13.1 Å². The third kappa shape index (κ3) is 3.76. The minimum absolute atomic E-state index is 0.237. The van der Waals surface area contributed by atoms with Crippen LogP contribution in [-0.2, 0) is 17.6 Å². The summed E-state index contributed by atoms with van der Waals surface area (Å²) in [6, 6.07) is 9.85. The monoisotopic (exact) mass is 319 g/mol. The minimum atomic E-state index is -0.248. The topological polar surface area (TPSA) is 97.6 Å². The summed E-state index contributed by atoms with van der Waals surface area (Å²) < 4.78 is 6.67. The first-order chi connectivity index (χ1) is 11.8. The third-order valence-corrected chi connectivity index (χ3v) is 3.61. The van der Waals surface area contributed by atoms with Gasteiger partial charge in [0.05, 0.1) is 5.69 Å². The number of rotatable bonds is 7. The van der Waals surface area contributed by atoms with Gasteiger partial charge in [-0.3, -0.25) is 9.36 Å². The van der Waals surface area contributed by atoms with Crippen molar-refractivity contribution >= 4 is 13.7 Å². The molecule has 0 aliphatic rings. The first-order valence-electron chi connectivity index (χ1n) is 7.49. The number of nitriles is 1. The van der Waals surface area contributed by atoms with Gasteiger partial charge in [-0.1, -0.05) is 35.5 Å². The molecule has 3 aromatic rings. The molecule has 0 aliphatic carbocycles. The fourth-order valence-electron chi connectivity index (χ4n) is 2.44. The van der Waals surface area contributed by atoms with Crippen molar-refractivity contribution in [2.75, 3.05) is 0 Å². The molecule has 0 bridgehead atoms. The van der Waals surface area contributed by atoms with E-state index in [0.717, 1.165) is 5.56 Å². The van der Waals surface area contributed by atoms with Gasteiger partial charge in [-0.05, 0) is 18.0 Å². The maximum absolute atomic E-state index is 10.7. The Labute approximate surface area is 139 Å². The Kier molecular flexibility index (Phi) is 4.82. The summed E-state index contributed by atoms with van der Waals surface area (Å²) >= 11 is 0. The number of hydrogen-bond donors (Lipinski definition) is 0. The molecule has 7 nitrogen and oxygen atoms in total. The van der Waals surface area contributed by atoms with Gasteiger partial charge in [0.15, 0.2) is 5.82 Å². The smallest absolute Gasteiger partial charge is 0.263 e. The molecule has 2 heterocycles. The number of aromatic nitrogens is 4. The average molecular weight is 319 g/mol. The van der Waals surface area contributed by atoms with Crippen LogP contribution in [0, 0.1) is 11.2 Å². The lowest BCUT2D eigenvalue weighted by Gasteiger charge is -2.04. The van der Waals surface area contributed by atoms with Gasteiger partial charge in [-0.25, -0.2) is 10.2 Å². The minimum Gasteiger partial charge on any atom is -0.340 e. The molecule has 0 amide bonds. The summed E-state index contributed by atoms with van der Waals surface area (Å²) in [6.07, 6.45) is 4.75. The number of carbonyl (C=O) groups excluding carboxylic acids is 1. The normalized spacial score (nSPS) is 11.6. The largest absolute Gasteiger partial charge is 0.340 e. The molecule has 118 valence electrons. The molecule has 24 heavy (non-hydrogen) atoms. The predicted molar refractivity (Wildman–Crippen MR) is 87.1 cm³/mol. The van der Waals surface area contributed by atoms with Crippen LogP contribution in [0.15, 0.2) is 47.4 Å². The van der Waals surface area contributed by atoms with E-state index in [9.17, 15) is 4.79 Å². The van der Waals surface area contributed by atoms with Crippen LogP contribution < -0.4 is 0 Å². The second-order valence-corrected chi connectivity index (χ2v) is 5.39. The number of imidazole rings is 1. The molecule has 0 aliphatic heterocycles. The number of benzene rings is 1. The van der Waals surface area contributed by atoms with Gasteiger partial charge in [0, 0.05) is 18.4 Å². The fraction of sp³-hybridized carbons (Fsp3) is 0.188. The number of carbonyl (C=O) groups is 1. The van der Waals surface area contributed by atoms with Gasteiger partial charge < -0.3 is 4.52 Å². The van der Waals surface area contributed by atoms with E-state index in [1.807, 2.05) is 30.3 Å². The zero-order valence-electron chi connectivity index (χ0n) is 12.9. The SMILES string of the molecule is N#CBC(Cc1cn(C=O)cn1)c1nc(Cc2ccccc2)no1. The molecule has 0 radical (unpaired) electrons. The molecule has 0 spiro atoms. The number of nitrogens with zero attached hydrogens (tertiary/aromatic N) is 5. The molecule has 2 aromatic heterocycles. The molecule has 1 unspecified atom stereocenters. The van der Waals surface area contributed by atoms with Crippen molar-refractivity contribution in [1.82, 2.24) is 19.7 Å². The standard InChI is InChI=1S/C16H14BN5O2/c18-9-17-14(7-13-8-22(11-23)10-19-13)16-20-15(21-24-16)6-12-4-2-1-3-5-12/h1-5,8,10-11,14,17H,6-7H2. The maximum atomic E-state index is 10.7. The Hall–Kier alpha value is -3.21. The molecule has 8 heteroatoms.